The molecule has 100 valence electrons. The second-order valence-electron chi connectivity index (χ2n) is 4.67. The minimum atomic E-state index is -3.16. The third kappa shape index (κ3) is 2.67. The van der Waals surface area contributed by atoms with Crippen LogP contribution in [-0.2, 0) is 9.84 Å². The Balaban J connectivity index is 2.39. The van der Waals surface area contributed by atoms with Gasteiger partial charge in [-0.2, -0.15) is 0 Å². The molecule has 18 heavy (non-hydrogen) atoms. The Labute approximate surface area is 109 Å². The van der Waals surface area contributed by atoms with Crippen molar-refractivity contribution in [1.82, 2.24) is 5.32 Å². The Kier molecular flexibility index (Phi) is 3.92. The molecule has 0 saturated carbocycles. The summed E-state index contributed by atoms with van der Waals surface area (Å²) < 4.78 is 24.2. The molecule has 1 fully saturated rings. The van der Waals surface area contributed by atoms with Crippen molar-refractivity contribution in [2.24, 2.45) is 0 Å². The van der Waals surface area contributed by atoms with Crippen molar-refractivity contribution < 1.29 is 8.42 Å². The van der Waals surface area contributed by atoms with Crippen LogP contribution in [0.4, 0.5) is 5.69 Å². The van der Waals surface area contributed by atoms with Gasteiger partial charge in [-0.05, 0) is 19.1 Å². The lowest BCUT2D eigenvalue weighted by molar-refractivity contribution is 0.483. The molecule has 0 radical (unpaired) electrons. The first-order valence-electron chi connectivity index (χ1n) is 6.34. The molecule has 0 aromatic heterocycles. The van der Waals surface area contributed by atoms with Crippen LogP contribution in [0, 0.1) is 0 Å². The van der Waals surface area contributed by atoms with E-state index in [1.54, 1.807) is 19.1 Å². The van der Waals surface area contributed by atoms with Gasteiger partial charge in [0.15, 0.2) is 9.84 Å². The molecule has 1 heterocycles. The highest BCUT2D eigenvalue weighted by atomic mass is 32.2. The van der Waals surface area contributed by atoms with Crippen LogP contribution in [-0.4, -0.2) is 39.8 Å². The Morgan fingerprint density at radius 1 is 1.39 bits per heavy atom. The van der Waals surface area contributed by atoms with E-state index in [0.29, 0.717) is 10.9 Å². The maximum absolute atomic E-state index is 12.1. The molecule has 0 amide bonds. The van der Waals surface area contributed by atoms with E-state index in [0.717, 1.165) is 25.3 Å². The van der Waals surface area contributed by atoms with Gasteiger partial charge >= 0.3 is 0 Å². The maximum Gasteiger partial charge on any atom is 0.180 e. The van der Waals surface area contributed by atoms with Gasteiger partial charge in [0.2, 0.25) is 0 Å². The summed E-state index contributed by atoms with van der Waals surface area (Å²) in [6, 6.07) is 7.69. The monoisotopic (exact) mass is 268 g/mol. The second kappa shape index (κ2) is 5.28. The van der Waals surface area contributed by atoms with Gasteiger partial charge in [-0.15, -0.1) is 0 Å². The lowest BCUT2D eigenvalue weighted by Gasteiger charge is -2.34. The topological polar surface area (TPSA) is 49.4 Å². The number of piperazine rings is 1. The van der Waals surface area contributed by atoms with E-state index in [1.807, 2.05) is 12.1 Å². The predicted octanol–water partition coefficient (Wildman–Crippen LogP) is 1.28. The van der Waals surface area contributed by atoms with Crippen LogP contribution in [0.25, 0.3) is 0 Å². The van der Waals surface area contributed by atoms with Crippen LogP contribution in [0.15, 0.2) is 29.2 Å². The smallest absolute Gasteiger partial charge is 0.180 e. The normalized spacial score (nSPS) is 21.0. The minimum Gasteiger partial charge on any atom is -0.368 e. The van der Waals surface area contributed by atoms with Crippen molar-refractivity contribution >= 4 is 15.5 Å². The number of para-hydroxylation sites is 1. The van der Waals surface area contributed by atoms with Crippen molar-refractivity contribution in [3.8, 4) is 0 Å². The number of anilines is 1. The fraction of sp³-hybridized carbons (Fsp3) is 0.538. The maximum atomic E-state index is 12.1. The van der Waals surface area contributed by atoms with E-state index in [1.165, 1.54) is 0 Å². The summed E-state index contributed by atoms with van der Waals surface area (Å²) >= 11 is 0. The zero-order valence-corrected chi connectivity index (χ0v) is 11.7. The fourth-order valence-corrected chi connectivity index (χ4v) is 3.40. The summed E-state index contributed by atoms with van der Waals surface area (Å²) in [5.74, 6) is 0.145. The molecule has 0 unspecified atom stereocenters. The Bertz CT molecular complexity index is 513. The number of sulfone groups is 1. The lowest BCUT2D eigenvalue weighted by atomic mass is 10.2. The van der Waals surface area contributed by atoms with Crippen LogP contribution in [0.2, 0.25) is 0 Å². The van der Waals surface area contributed by atoms with Gasteiger partial charge in [-0.3, -0.25) is 0 Å². The first-order valence-corrected chi connectivity index (χ1v) is 8.00. The number of rotatable bonds is 3. The molecule has 4 nitrogen and oxygen atoms in total. The molecule has 1 aromatic carbocycles. The number of hydrogen-bond donors (Lipinski definition) is 1. The zero-order chi connectivity index (χ0) is 13.2. The highest BCUT2D eigenvalue weighted by Crippen LogP contribution is 2.26. The summed E-state index contributed by atoms with van der Waals surface area (Å²) in [6.45, 7) is 6.38. The summed E-state index contributed by atoms with van der Waals surface area (Å²) in [6.07, 6.45) is 0. The van der Waals surface area contributed by atoms with Gasteiger partial charge in [0.1, 0.15) is 0 Å². The SMILES string of the molecule is CCS(=O)(=O)c1ccccc1N1CCN[C@H](C)C1. The predicted molar refractivity (Wildman–Crippen MR) is 73.8 cm³/mol. The highest BCUT2D eigenvalue weighted by Gasteiger charge is 2.23. The van der Waals surface area contributed by atoms with E-state index in [2.05, 4.69) is 17.1 Å². The Morgan fingerprint density at radius 3 is 2.78 bits per heavy atom. The zero-order valence-electron chi connectivity index (χ0n) is 10.9. The van der Waals surface area contributed by atoms with Gasteiger partial charge in [0.05, 0.1) is 16.3 Å². The van der Waals surface area contributed by atoms with Gasteiger partial charge in [-0.1, -0.05) is 19.1 Å². The minimum absolute atomic E-state index is 0.145. The molecular weight excluding hydrogens is 248 g/mol. The summed E-state index contributed by atoms with van der Waals surface area (Å²) in [5.41, 5.74) is 0.840. The molecule has 1 atom stereocenters. The molecule has 1 saturated heterocycles. The standard InChI is InChI=1S/C13H20N2O2S/c1-3-18(16,17)13-7-5-4-6-12(13)15-9-8-14-11(2)10-15/h4-7,11,14H,3,8-10H2,1-2H3/t11-/m1/s1. The molecule has 1 aromatic rings. The Hall–Kier alpha value is -1.07. The lowest BCUT2D eigenvalue weighted by Crippen LogP contribution is -2.49. The van der Waals surface area contributed by atoms with E-state index >= 15 is 0 Å². The van der Waals surface area contributed by atoms with Crippen LogP contribution in [0.5, 0.6) is 0 Å². The van der Waals surface area contributed by atoms with Gasteiger partial charge in [-0.25, -0.2) is 8.42 Å². The van der Waals surface area contributed by atoms with E-state index in [9.17, 15) is 8.42 Å². The molecule has 0 bridgehead atoms. The first kappa shape index (κ1) is 13.4. The molecular formula is C13H20N2O2S. The average Bonchev–Trinajstić information content (AvgIpc) is 2.39. The van der Waals surface area contributed by atoms with E-state index in [-0.39, 0.29) is 5.75 Å². The van der Waals surface area contributed by atoms with Gasteiger partial charge < -0.3 is 10.2 Å². The van der Waals surface area contributed by atoms with Crippen molar-refractivity contribution in [2.45, 2.75) is 24.8 Å². The highest BCUT2D eigenvalue weighted by molar-refractivity contribution is 7.91. The van der Waals surface area contributed by atoms with Crippen LogP contribution < -0.4 is 10.2 Å². The van der Waals surface area contributed by atoms with Crippen molar-refractivity contribution in [2.75, 3.05) is 30.3 Å². The molecule has 1 aliphatic heterocycles. The van der Waals surface area contributed by atoms with Crippen molar-refractivity contribution in [3.63, 3.8) is 0 Å². The van der Waals surface area contributed by atoms with Crippen molar-refractivity contribution in [3.05, 3.63) is 24.3 Å². The molecule has 0 aliphatic carbocycles. The molecule has 1 N–H and O–H groups in total. The second-order valence-corrected chi connectivity index (χ2v) is 6.92. The number of hydrogen-bond acceptors (Lipinski definition) is 4. The summed E-state index contributed by atoms with van der Waals surface area (Å²) in [5, 5.41) is 3.36. The molecule has 5 heteroatoms. The number of benzene rings is 1. The third-order valence-electron chi connectivity index (χ3n) is 3.29. The molecule has 2 rings (SSSR count). The van der Waals surface area contributed by atoms with Gasteiger partial charge in [0, 0.05) is 25.7 Å². The van der Waals surface area contributed by atoms with Crippen LogP contribution in [0.1, 0.15) is 13.8 Å². The number of nitrogens with zero attached hydrogens (tertiary/aromatic N) is 1. The fourth-order valence-electron chi connectivity index (χ4n) is 2.29. The number of nitrogens with one attached hydrogen (secondary N) is 1. The van der Waals surface area contributed by atoms with E-state index in [4.69, 9.17) is 0 Å². The third-order valence-corrected chi connectivity index (χ3v) is 5.07. The quantitative estimate of drug-likeness (QED) is 0.897. The molecule has 0 spiro atoms. The first-order chi connectivity index (χ1) is 8.54. The van der Waals surface area contributed by atoms with E-state index < -0.39 is 9.84 Å². The van der Waals surface area contributed by atoms with Gasteiger partial charge in [0.25, 0.3) is 0 Å². The van der Waals surface area contributed by atoms with Crippen LogP contribution >= 0.6 is 0 Å². The Morgan fingerprint density at radius 2 is 2.11 bits per heavy atom. The molecule has 1 aliphatic rings. The van der Waals surface area contributed by atoms with Crippen LogP contribution in [0.3, 0.4) is 0 Å². The van der Waals surface area contributed by atoms with Crippen molar-refractivity contribution in [1.29, 1.82) is 0 Å². The summed E-state index contributed by atoms with van der Waals surface area (Å²) in [7, 11) is -3.16. The summed E-state index contributed by atoms with van der Waals surface area (Å²) in [4.78, 5) is 2.62. The largest absolute Gasteiger partial charge is 0.368 e. The average molecular weight is 268 g/mol.